The number of amides is 1. The minimum Gasteiger partial charge on any atom is -0.325 e. The van der Waals surface area contributed by atoms with E-state index in [1.54, 1.807) is 10.6 Å². The molecule has 3 heterocycles. The van der Waals surface area contributed by atoms with Crippen molar-refractivity contribution in [2.24, 2.45) is 7.05 Å². The monoisotopic (exact) mass is 476 g/mol. The van der Waals surface area contributed by atoms with Gasteiger partial charge in [0.2, 0.25) is 5.91 Å². The van der Waals surface area contributed by atoms with Crippen molar-refractivity contribution in [2.45, 2.75) is 45.2 Å². The number of aryl methyl sites for hydroxylation is 2. The second-order valence-corrected chi connectivity index (χ2v) is 9.61. The molecule has 0 saturated carbocycles. The van der Waals surface area contributed by atoms with Gasteiger partial charge in [-0.1, -0.05) is 43.8 Å². The first kappa shape index (κ1) is 23.7. The van der Waals surface area contributed by atoms with Crippen molar-refractivity contribution in [1.29, 1.82) is 0 Å². The zero-order chi connectivity index (χ0) is 24.4. The number of nitrogens with zero attached hydrogens (tertiary/aromatic N) is 5. The SMILES string of the molecule is Cc1ccc2nc(C)c(Cc3nnc(SCC(=O)Nc4ccc(C(C)C)cc4)n3C)c(=O)n2c1. The van der Waals surface area contributed by atoms with Crippen LogP contribution in [0.4, 0.5) is 5.69 Å². The summed E-state index contributed by atoms with van der Waals surface area (Å²) < 4.78 is 3.39. The number of hydrogen-bond acceptors (Lipinski definition) is 6. The van der Waals surface area contributed by atoms with Crippen LogP contribution in [-0.4, -0.2) is 35.8 Å². The van der Waals surface area contributed by atoms with Crippen LogP contribution in [0, 0.1) is 13.8 Å². The van der Waals surface area contributed by atoms with Gasteiger partial charge in [-0.05, 0) is 49.1 Å². The molecule has 0 aliphatic heterocycles. The number of thioether (sulfide) groups is 1. The molecule has 0 saturated heterocycles. The number of aromatic nitrogens is 5. The number of nitrogens with one attached hydrogen (secondary N) is 1. The van der Waals surface area contributed by atoms with Crippen molar-refractivity contribution in [1.82, 2.24) is 24.1 Å². The van der Waals surface area contributed by atoms with Gasteiger partial charge in [0.05, 0.1) is 5.75 Å². The van der Waals surface area contributed by atoms with E-state index < -0.39 is 0 Å². The van der Waals surface area contributed by atoms with Crippen LogP contribution in [0.25, 0.3) is 5.65 Å². The van der Waals surface area contributed by atoms with E-state index in [0.717, 1.165) is 11.3 Å². The number of fused-ring (bicyclic) bond motifs is 1. The van der Waals surface area contributed by atoms with Crippen LogP contribution in [0.2, 0.25) is 0 Å². The maximum Gasteiger partial charge on any atom is 0.261 e. The molecular formula is C25H28N6O2S. The van der Waals surface area contributed by atoms with Crippen molar-refractivity contribution in [2.75, 3.05) is 11.1 Å². The lowest BCUT2D eigenvalue weighted by Crippen LogP contribution is -2.22. The fourth-order valence-electron chi connectivity index (χ4n) is 3.66. The normalized spacial score (nSPS) is 11.4. The Bertz CT molecular complexity index is 1410. The highest BCUT2D eigenvalue weighted by Crippen LogP contribution is 2.20. The fraction of sp³-hybridized carbons (Fsp3) is 0.320. The summed E-state index contributed by atoms with van der Waals surface area (Å²) in [6.45, 7) is 8.04. The molecule has 3 aromatic heterocycles. The number of benzene rings is 1. The van der Waals surface area contributed by atoms with Gasteiger partial charge in [-0.15, -0.1) is 10.2 Å². The second kappa shape index (κ2) is 9.80. The Kier molecular flexibility index (Phi) is 6.83. The molecule has 0 spiro atoms. The van der Waals surface area contributed by atoms with E-state index in [2.05, 4.69) is 34.3 Å². The molecule has 0 unspecified atom stereocenters. The summed E-state index contributed by atoms with van der Waals surface area (Å²) in [5.41, 5.74) is 4.75. The number of rotatable bonds is 7. The van der Waals surface area contributed by atoms with Crippen LogP contribution in [0.3, 0.4) is 0 Å². The molecule has 4 aromatic rings. The summed E-state index contributed by atoms with van der Waals surface area (Å²) in [6.07, 6.45) is 2.10. The predicted octanol–water partition coefficient (Wildman–Crippen LogP) is 3.88. The molecule has 1 aromatic carbocycles. The smallest absolute Gasteiger partial charge is 0.261 e. The Balaban J connectivity index is 1.44. The number of pyridine rings is 1. The Morgan fingerprint density at radius 1 is 1.09 bits per heavy atom. The minimum absolute atomic E-state index is 0.105. The van der Waals surface area contributed by atoms with Gasteiger partial charge >= 0.3 is 0 Å². The molecule has 0 atom stereocenters. The maximum atomic E-state index is 13.1. The molecule has 1 N–H and O–H groups in total. The van der Waals surface area contributed by atoms with Gasteiger partial charge in [-0.2, -0.15) is 0 Å². The number of anilines is 1. The van der Waals surface area contributed by atoms with Crippen LogP contribution in [0.5, 0.6) is 0 Å². The van der Waals surface area contributed by atoms with Crippen molar-refractivity contribution in [3.63, 3.8) is 0 Å². The highest BCUT2D eigenvalue weighted by Gasteiger charge is 2.17. The largest absolute Gasteiger partial charge is 0.325 e. The lowest BCUT2D eigenvalue weighted by atomic mass is 10.0. The molecule has 9 heteroatoms. The third kappa shape index (κ3) is 5.04. The number of hydrogen-bond donors (Lipinski definition) is 1. The van der Waals surface area contributed by atoms with Crippen molar-refractivity contribution in [3.05, 3.63) is 81.2 Å². The van der Waals surface area contributed by atoms with Crippen LogP contribution in [-0.2, 0) is 18.3 Å². The highest BCUT2D eigenvalue weighted by atomic mass is 32.2. The first-order valence-electron chi connectivity index (χ1n) is 11.1. The molecule has 0 bridgehead atoms. The van der Waals surface area contributed by atoms with Crippen molar-refractivity contribution in [3.8, 4) is 0 Å². The lowest BCUT2D eigenvalue weighted by molar-refractivity contribution is -0.113. The van der Waals surface area contributed by atoms with Gasteiger partial charge in [-0.25, -0.2) is 4.98 Å². The average molecular weight is 477 g/mol. The number of carbonyl (C=O) groups is 1. The zero-order valence-corrected chi connectivity index (χ0v) is 20.8. The van der Waals surface area contributed by atoms with Crippen molar-refractivity contribution >= 4 is 29.0 Å². The minimum atomic E-state index is -0.116. The molecule has 1 amide bonds. The van der Waals surface area contributed by atoms with Gasteiger partial charge in [0, 0.05) is 36.6 Å². The van der Waals surface area contributed by atoms with E-state index >= 15 is 0 Å². The lowest BCUT2D eigenvalue weighted by Gasteiger charge is -2.09. The molecule has 4 rings (SSSR count). The summed E-state index contributed by atoms with van der Waals surface area (Å²) in [6, 6.07) is 11.7. The maximum absolute atomic E-state index is 13.1. The molecule has 34 heavy (non-hydrogen) atoms. The first-order chi connectivity index (χ1) is 16.2. The summed E-state index contributed by atoms with van der Waals surface area (Å²) in [5, 5.41) is 12.0. The Morgan fingerprint density at radius 3 is 2.53 bits per heavy atom. The highest BCUT2D eigenvalue weighted by molar-refractivity contribution is 7.99. The third-order valence-electron chi connectivity index (χ3n) is 5.72. The van der Waals surface area contributed by atoms with Crippen LogP contribution in [0.15, 0.2) is 52.5 Å². The molecule has 0 aliphatic carbocycles. The van der Waals surface area contributed by atoms with Gasteiger partial charge in [-0.3, -0.25) is 14.0 Å². The average Bonchev–Trinajstić information content (AvgIpc) is 3.15. The topological polar surface area (TPSA) is 94.2 Å². The van der Waals surface area contributed by atoms with Gasteiger partial charge < -0.3 is 9.88 Å². The second-order valence-electron chi connectivity index (χ2n) is 8.66. The van der Waals surface area contributed by atoms with Crippen molar-refractivity contribution < 1.29 is 4.79 Å². The van der Waals surface area contributed by atoms with Crippen LogP contribution in [0.1, 0.15) is 48.0 Å². The quantitative estimate of drug-likeness (QED) is 0.407. The van der Waals surface area contributed by atoms with Crippen LogP contribution >= 0.6 is 11.8 Å². The number of carbonyl (C=O) groups excluding carboxylic acids is 1. The summed E-state index contributed by atoms with van der Waals surface area (Å²) in [5.74, 6) is 1.17. The molecule has 0 fully saturated rings. The Labute approximate surface area is 202 Å². The van der Waals surface area contributed by atoms with E-state index in [1.807, 2.05) is 61.9 Å². The molecule has 8 nitrogen and oxygen atoms in total. The van der Waals surface area contributed by atoms with E-state index in [9.17, 15) is 9.59 Å². The summed E-state index contributed by atoms with van der Waals surface area (Å²) >= 11 is 1.31. The van der Waals surface area contributed by atoms with E-state index in [-0.39, 0.29) is 17.2 Å². The first-order valence-corrected chi connectivity index (χ1v) is 12.1. The van der Waals surface area contributed by atoms with Crippen LogP contribution < -0.4 is 10.9 Å². The van der Waals surface area contributed by atoms with Gasteiger partial charge in [0.25, 0.3) is 5.56 Å². The molecular weight excluding hydrogens is 448 g/mol. The van der Waals surface area contributed by atoms with Gasteiger partial charge in [0.15, 0.2) is 5.16 Å². The fourth-order valence-corrected chi connectivity index (χ4v) is 4.39. The van der Waals surface area contributed by atoms with E-state index in [0.29, 0.717) is 40.2 Å². The third-order valence-corrected chi connectivity index (χ3v) is 6.74. The Hall–Kier alpha value is -3.46. The molecule has 0 aliphatic rings. The van der Waals surface area contributed by atoms with E-state index in [4.69, 9.17) is 0 Å². The summed E-state index contributed by atoms with van der Waals surface area (Å²) in [7, 11) is 1.84. The predicted molar refractivity (Wildman–Crippen MR) is 135 cm³/mol. The molecule has 176 valence electrons. The summed E-state index contributed by atoms with van der Waals surface area (Å²) in [4.78, 5) is 30.1. The van der Waals surface area contributed by atoms with Gasteiger partial charge in [0.1, 0.15) is 11.5 Å². The zero-order valence-electron chi connectivity index (χ0n) is 20.0. The standard InChI is InChI=1S/C25H28N6O2S/c1-15(2)18-7-9-19(10-8-18)27-23(32)14-34-25-29-28-22(30(25)5)12-20-17(4)26-21-11-6-16(3)13-31(21)24(20)33/h6-11,13,15H,12,14H2,1-5H3,(H,27,32). The Morgan fingerprint density at radius 2 is 1.82 bits per heavy atom. The molecule has 0 radical (unpaired) electrons. The van der Waals surface area contributed by atoms with E-state index in [1.165, 1.54) is 17.3 Å².